The zero-order valence-electron chi connectivity index (χ0n) is 20.5. The van der Waals surface area contributed by atoms with E-state index in [4.69, 9.17) is 4.99 Å². The first kappa shape index (κ1) is 19.2. The monoisotopic (exact) mass is 459 g/mol. The van der Waals surface area contributed by atoms with Gasteiger partial charge in [-0.15, -0.1) is 0 Å². The summed E-state index contributed by atoms with van der Waals surface area (Å²) in [6.45, 7) is 4.65. The number of hydrogen-bond donors (Lipinski definition) is 0. The first-order valence-electron chi connectivity index (χ1n) is 13.1. The zero-order chi connectivity index (χ0) is 23.7. The van der Waals surface area contributed by atoms with E-state index in [1.165, 1.54) is 77.8 Å². The number of nitrogens with zero attached hydrogens (tertiary/aromatic N) is 1. The Balaban J connectivity index is 1.51. The van der Waals surface area contributed by atoms with Gasteiger partial charge >= 0.3 is 0 Å². The molecule has 0 bridgehead atoms. The van der Waals surface area contributed by atoms with Gasteiger partial charge in [0.15, 0.2) is 0 Å². The van der Waals surface area contributed by atoms with E-state index >= 15 is 0 Å². The minimum absolute atomic E-state index is 0.213. The van der Waals surface area contributed by atoms with Crippen molar-refractivity contribution >= 4 is 22.2 Å². The fourth-order valence-corrected chi connectivity index (χ4v) is 8.18. The number of hydrogen-bond acceptors (Lipinski definition) is 1. The summed E-state index contributed by atoms with van der Waals surface area (Å²) in [5.74, 6) is 0.745. The van der Waals surface area contributed by atoms with Crippen LogP contribution in [0, 0.1) is 13.8 Å². The molecule has 1 heterocycles. The van der Waals surface area contributed by atoms with Gasteiger partial charge in [0.05, 0.1) is 11.6 Å². The third-order valence-electron chi connectivity index (χ3n) is 9.32. The summed E-state index contributed by atoms with van der Waals surface area (Å²) in [5.41, 5.74) is 18.6. The van der Waals surface area contributed by atoms with Gasteiger partial charge in [-0.05, 0) is 98.3 Å². The van der Waals surface area contributed by atoms with Gasteiger partial charge in [-0.25, -0.2) is 0 Å². The number of fused-ring (bicyclic) bond motifs is 3. The van der Waals surface area contributed by atoms with Gasteiger partial charge in [0, 0.05) is 17.5 Å². The molecule has 0 saturated heterocycles. The minimum atomic E-state index is 0.213. The first-order valence-corrected chi connectivity index (χ1v) is 13.1. The van der Waals surface area contributed by atoms with Crippen molar-refractivity contribution in [2.75, 3.05) is 0 Å². The van der Waals surface area contributed by atoms with Crippen molar-refractivity contribution in [1.29, 1.82) is 0 Å². The molecular weight excluding hydrogens is 434 g/mol. The summed E-state index contributed by atoms with van der Waals surface area (Å²) in [5, 5.41) is 3.00. The molecule has 36 heavy (non-hydrogen) atoms. The lowest BCUT2D eigenvalue weighted by Crippen LogP contribution is -2.33. The Bertz CT molecular complexity index is 1840. The van der Waals surface area contributed by atoms with Crippen LogP contribution in [0.1, 0.15) is 79.0 Å². The molecule has 0 spiro atoms. The van der Waals surface area contributed by atoms with E-state index in [1.54, 1.807) is 5.56 Å². The molecule has 1 aliphatic heterocycles. The normalized spacial score (nSPS) is 21.4. The van der Waals surface area contributed by atoms with E-state index in [9.17, 15) is 0 Å². The van der Waals surface area contributed by atoms with Crippen molar-refractivity contribution in [1.82, 2.24) is 0 Å². The van der Waals surface area contributed by atoms with E-state index in [2.05, 4.69) is 98.8 Å². The Morgan fingerprint density at radius 1 is 0.583 bits per heavy atom. The molecule has 0 fully saturated rings. The third-order valence-corrected chi connectivity index (χ3v) is 9.32. The van der Waals surface area contributed by atoms with Crippen LogP contribution in [0.2, 0.25) is 0 Å². The third kappa shape index (κ3) is 2.13. The molecule has 0 amide bonds. The van der Waals surface area contributed by atoms with Crippen LogP contribution in [0.5, 0.6) is 0 Å². The quantitative estimate of drug-likeness (QED) is 0.239. The summed E-state index contributed by atoms with van der Waals surface area (Å²) in [6.07, 6.45) is 1.01. The molecule has 3 atom stereocenters. The lowest BCUT2D eigenvalue weighted by atomic mass is 9.59. The summed E-state index contributed by atoms with van der Waals surface area (Å²) in [4.78, 5) is 5.44. The van der Waals surface area contributed by atoms with Crippen LogP contribution in [0.4, 0.5) is 5.69 Å². The van der Waals surface area contributed by atoms with Crippen molar-refractivity contribution in [3.8, 4) is 0 Å². The highest BCUT2D eigenvalue weighted by atomic mass is 14.8. The van der Waals surface area contributed by atoms with Crippen LogP contribution in [0.3, 0.4) is 0 Å². The van der Waals surface area contributed by atoms with Gasteiger partial charge in [0.1, 0.15) is 0 Å². The second-order valence-electron chi connectivity index (χ2n) is 11.1. The Labute approximate surface area is 211 Å². The molecule has 0 aromatic heterocycles. The molecule has 5 aromatic carbocycles. The molecule has 1 heteroatoms. The number of benzene rings is 5. The highest BCUT2D eigenvalue weighted by molar-refractivity contribution is 6.17. The average molecular weight is 460 g/mol. The van der Waals surface area contributed by atoms with Crippen LogP contribution in [0.15, 0.2) is 89.9 Å². The van der Waals surface area contributed by atoms with Crippen molar-refractivity contribution in [3.63, 3.8) is 0 Å². The SMILES string of the molecule is Cc1cc2c3c4c5c(cc(C)c14)C(c1ccccc1)c1ccccc1C5C1=Nc4cccc(c4C13)C2. The van der Waals surface area contributed by atoms with Crippen molar-refractivity contribution in [3.05, 3.63) is 146 Å². The van der Waals surface area contributed by atoms with Crippen LogP contribution in [0.25, 0.3) is 10.8 Å². The molecule has 3 unspecified atom stereocenters. The molecular formula is C35H25N. The lowest BCUT2D eigenvalue weighted by Gasteiger charge is -2.43. The largest absolute Gasteiger partial charge is 0.255 e. The highest BCUT2D eigenvalue weighted by Crippen LogP contribution is 2.61. The molecule has 3 aliphatic carbocycles. The van der Waals surface area contributed by atoms with E-state index in [0.717, 1.165) is 6.42 Å². The van der Waals surface area contributed by atoms with Crippen LogP contribution >= 0.6 is 0 Å². The van der Waals surface area contributed by atoms with Crippen LogP contribution < -0.4 is 0 Å². The Kier molecular flexibility index (Phi) is 3.43. The second-order valence-corrected chi connectivity index (χ2v) is 11.1. The summed E-state index contributed by atoms with van der Waals surface area (Å²) in [6, 6.07) is 32.1. The molecule has 9 rings (SSSR count). The number of aryl methyl sites for hydroxylation is 2. The van der Waals surface area contributed by atoms with E-state index in [-0.39, 0.29) is 17.8 Å². The van der Waals surface area contributed by atoms with Gasteiger partial charge in [-0.2, -0.15) is 0 Å². The Morgan fingerprint density at radius 3 is 2.17 bits per heavy atom. The Hall–Kier alpha value is -3.97. The molecule has 1 nitrogen and oxygen atoms in total. The maximum Gasteiger partial charge on any atom is 0.0674 e. The molecule has 5 aromatic rings. The smallest absolute Gasteiger partial charge is 0.0674 e. The van der Waals surface area contributed by atoms with E-state index in [0.29, 0.717) is 0 Å². The predicted octanol–water partition coefficient (Wildman–Crippen LogP) is 8.22. The van der Waals surface area contributed by atoms with Crippen LogP contribution in [-0.2, 0) is 6.42 Å². The van der Waals surface area contributed by atoms with Crippen molar-refractivity contribution < 1.29 is 0 Å². The predicted molar refractivity (Wildman–Crippen MR) is 147 cm³/mol. The number of aliphatic imine (C=N–C) groups is 1. The Morgan fingerprint density at radius 2 is 1.33 bits per heavy atom. The second kappa shape index (κ2) is 6.42. The summed E-state index contributed by atoms with van der Waals surface area (Å²) < 4.78 is 0. The maximum absolute atomic E-state index is 5.44. The maximum atomic E-state index is 5.44. The minimum Gasteiger partial charge on any atom is -0.255 e. The van der Waals surface area contributed by atoms with Gasteiger partial charge < -0.3 is 0 Å². The molecule has 0 N–H and O–H groups in total. The molecule has 170 valence electrons. The molecule has 4 aliphatic rings. The lowest BCUT2D eigenvalue weighted by molar-refractivity contribution is 0.827. The standard InChI is InChI=1S/C35H25N/c1-18-15-22-17-21-11-8-14-26-29(21)34-30(22)33-27(18)19(2)16-25-28(20-9-4-3-5-10-20)23-12-6-7-13-24(23)32(31(25)33)35(34)36-26/h3-16,28,32,34H,17H2,1-2H3. The van der Waals surface area contributed by atoms with Gasteiger partial charge in [-0.1, -0.05) is 78.9 Å². The molecule has 0 radical (unpaired) electrons. The van der Waals surface area contributed by atoms with Gasteiger partial charge in [0.25, 0.3) is 0 Å². The van der Waals surface area contributed by atoms with Crippen molar-refractivity contribution in [2.45, 2.75) is 38.0 Å². The van der Waals surface area contributed by atoms with Gasteiger partial charge in [0.2, 0.25) is 0 Å². The summed E-state index contributed by atoms with van der Waals surface area (Å²) in [7, 11) is 0. The van der Waals surface area contributed by atoms with Gasteiger partial charge in [-0.3, -0.25) is 4.99 Å². The fourth-order valence-electron chi connectivity index (χ4n) is 8.18. The first-order chi connectivity index (χ1) is 17.7. The van der Waals surface area contributed by atoms with Crippen molar-refractivity contribution in [2.24, 2.45) is 4.99 Å². The van der Waals surface area contributed by atoms with E-state index < -0.39 is 0 Å². The molecule has 0 saturated carbocycles. The topological polar surface area (TPSA) is 12.4 Å². The average Bonchev–Trinajstić information content (AvgIpc) is 3.29. The fraction of sp³-hybridized carbons (Fsp3) is 0.171. The summed E-state index contributed by atoms with van der Waals surface area (Å²) >= 11 is 0. The highest BCUT2D eigenvalue weighted by Gasteiger charge is 2.48. The number of rotatable bonds is 1. The van der Waals surface area contributed by atoms with E-state index in [1.807, 2.05) is 0 Å². The zero-order valence-corrected chi connectivity index (χ0v) is 20.5. The van der Waals surface area contributed by atoms with Crippen LogP contribution in [-0.4, -0.2) is 5.71 Å².